The Bertz CT molecular complexity index is 482. The maximum absolute atomic E-state index is 13.3. The lowest BCUT2D eigenvalue weighted by atomic mass is 10.1. The van der Waals surface area contributed by atoms with Gasteiger partial charge in [0.2, 0.25) is 0 Å². The molecular weight excluding hydrogens is 181 g/mol. The van der Waals surface area contributed by atoms with Crippen LogP contribution in [-0.4, -0.2) is 11.3 Å². The molecule has 0 spiro atoms. The molecule has 0 bridgehead atoms. The summed E-state index contributed by atoms with van der Waals surface area (Å²) in [5, 5.41) is 0.853. The van der Waals surface area contributed by atoms with E-state index < -0.39 is 0 Å². The van der Waals surface area contributed by atoms with Crippen molar-refractivity contribution >= 4 is 17.2 Å². The molecule has 0 fully saturated rings. The van der Waals surface area contributed by atoms with Gasteiger partial charge in [0.1, 0.15) is 12.1 Å². The summed E-state index contributed by atoms with van der Waals surface area (Å²) in [6, 6.07) is 6.64. The summed E-state index contributed by atoms with van der Waals surface area (Å²) >= 11 is 0. The molecule has 0 radical (unpaired) electrons. The molecule has 0 aliphatic rings. The van der Waals surface area contributed by atoms with Crippen LogP contribution in [0.3, 0.4) is 0 Å². The summed E-state index contributed by atoms with van der Waals surface area (Å²) < 4.78 is 13.3. The van der Waals surface area contributed by atoms with Crippen LogP contribution >= 0.6 is 0 Å². The van der Waals surface area contributed by atoms with E-state index >= 15 is 0 Å². The monoisotopic (exact) mass is 189 g/mol. The fourth-order valence-corrected chi connectivity index (χ4v) is 1.39. The fourth-order valence-electron chi connectivity index (χ4n) is 1.39. The van der Waals surface area contributed by atoms with E-state index in [4.69, 9.17) is 0 Å². The standard InChI is InChI=1S/C11H8FNO/c12-10-7-11-9(2-1-4-13-11)6-8(10)3-5-14/h1-2,4-7H,3H2. The third kappa shape index (κ3) is 1.48. The van der Waals surface area contributed by atoms with E-state index in [0.29, 0.717) is 17.4 Å². The Morgan fingerprint density at radius 2 is 2.29 bits per heavy atom. The number of carbonyl (C=O) groups excluding carboxylic acids is 1. The number of carbonyl (C=O) groups is 1. The average Bonchev–Trinajstić information content (AvgIpc) is 2.19. The Labute approximate surface area is 80.4 Å². The van der Waals surface area contributed by atoms with Crippen molar-refractivity contribution in [1.29, 1.82) is 0 Å². The van der Waals surface area contributed by atoms with Gasteiger partial charge in [-0.2, -0.15) is 0 Å². The van der Waals surface area contributed by atoms with E-state index in [2.05, 4.69) is 4.98 Å². The Morgan fingerprint density at radius 1 is 1.43 bits per heavy atom. The molecule has 1 aromatic heterocycles. The summed E-state index contributed by atoms with van der Waals surface area (Å²) in [6.45, 7) is 0. The van der Waals surface area contributed by atoms with Crippen molar-refractivity contribution < 1.29 is 9.18 Å². The largest absolute Gasteiger partial charge is 0.303 e. The van der Waals surface area contributed by atoms with Crippen LogP contribution in [0.25, 0.3) is 10.9 Å². The Balaban J connectivity index is 2.64. The number of halogens is 1. The van der Waals surface area contributed by atoms with E-state index in [1.165, 1.54) is 6.07 Å². The number of hydrogen-bond donors (Lipinski definition) is 0. The van der Waals surface area contributed by atoms with Gasteiger partial charge in [-0.25, -0.2) is 4.39 Å². The fraction of sp³-hybridized carbons (Fsp3) is 0.0909. The number of hydrogen-bond acceptors (Lipinski definition) is 2. The predicted molar refractivity (Wildman–Crippen MR) is 51.5 cm³/mol. The number of benzene rings is 1. The maximum Gasteiger partial charge on any atom is 0.129 e. The van der Waals surface area contributed by atoms with Gasteiger partial charge in [0, 0.05) is 24.1 Å². The van der Waals surface area contributed by atoms with Gasteiger partial charge in [-0.3, -0.25) is 4.98 Å². The second-order valence-corrected chi connectivity index (χ2v) is 3.01. The molecule has 14 heavy (non-hydrogen) atoms. The molecule has 2 nitrogen and oxygen atoms in total. The molecule has 0 saturated carbocycles. The van der Waals surface area contributed by atoms with Crippen molar-refractivity contribution in [3.05, 3.63) is 41.8 Å². The molecule has 0 saturated heterocycles. The van der Waals surface area contributed by atoms with Gasteiger partial charge in [0.15, 0.2) is 0 Å². The molecule has 2 aromatic rings. The van der Waals surface area contributed by atoms with Crippen molar-refractivity contribution in [2.45, 2.75) is 6.42 Å². The highest BCUT2D eigenvalue weighted by Crippen LogP contribution is 2.17. The highest BCUT2D eigenvalue weighted by atomic mass is 19.1. The van der Waals surface area contributed by atoms with Crippen LogP contribution in [0.4, 0.5) is 4.39 Å². The molecule has 0 atom stereocenters. The SMILES string of the molecule is O=CCc1cc2cccnc2cc1F. The van der Waals surface area contributed by atoms with E-state index in [9.17, 15) is 9.18 Å². The normalized spacial score (nSPS) is 10.4. The third-order valence-electron chi connectivity index (χ3n) is 2.07. The zero-order valence-electron chi connectivity index (χ0n) is 7.40. The summed E-state index contributed by atoms with van der Waals surface area (Å²) in [6.07, 6.45) is 2.42. The van der Waals surface area contributed by atoms with Gasteiger partial charge in [-0.15, -0.1) is 0 Å². The van der Waals surface area contributed by atoms with Crippen molar-refractivity contribution in [3.8, 4) is 0 Å². The van der Waals surface area contributed by atoms with Crippen molar-refractivity contribution in [1.82, 2.24) is 4.98 Å². The molecule has 0 N–H and O–H groups in total. The zero-order valence-corrected chi connectivity index (χ0v) is 7.40. The van der Waals surface area contributed by atoms with E-state index in [-0.39, 0.29) is 12.2 Å². The first-order chi connectivity index (χ1) is 6.81. The predicted octanol–water partition coefficient (Wildman–Crippen LogP) is 2.12. The van der Waals surface area contributed by atoms with Crippen LogP contribution in [0.1, 0.15) is 5.56 Å². The van der Waals surface area contributed by atoms with Crippen LogP contribution in [0.5, 0.6) is 0 Å². The summed E-state index contributed by atoms with van der Waals surface area (Å²) in [5.74, 6) is -0.372. The first-order valence-electron chi connectivity index (χ1n) is 4.28. The Morgan fingerprint density at radius 3 is 3.07 bits per heavy atom. The molecule has 0 aliphatic heterocycles. The first kappa shape index (κ1) is 8.81. The quantitative estimate of drug-likeness (QED) is 0.677. The van der Waals surface area contributed by atoms with Crippen LogP contribution < -0.4 is 0 Å². The molecule has 0 aliphatic carbocycles. The molecule has 0 unspecified atom stereocenters. The number of rotatable bonds is 2. The number of pyridine rings is 1. The highest BCUT2D eigenvalue weighted by molar-refractivity contribution is 5.79. The molecule has 1 aromatic carbocycles. The van der Waals surface area contributed by atoms with Gasteiger partial charge in [-0.05, 0) is 17.7 Å². The minimum absolute atomic E-state index is 0.108. The smallest absolute Gasteiger partial charge is 0.129 e. The summed E-state index contributed by atoms with van der Waals surface area (Å²) in [7, 11) is 0. The number of nitrogens with zero attached hydrogens (tertiary/aromatic N) is 1. The lowest BCUT2D eigenvalue weighted by Gasteiger charge is -2.01. The Kier molecular flexibility index (Phi) is 2.23. The van der Waals surface area contributed by atoms with Gasteiger partial charge in [0.05, 0.1) is 5.52 Å². The number of aromatic nitrogens is 1. The van der Waals surface area contributed by atoms with Gasteiger partial charge >= 0.3 is 0 Å². The van der Waals surface area contributed by atoms with Gasteiger partial charge in [0.25, 0.3) is 0 Å². The molecule has 0 amide bonds. The van der Waals surface area contributed by atoms with E-state index in [0.717, 1.165) is 5.39 Å². The molecular formula is C11H8FNO. The minimum Gasteiger partial charge on any atom is -0.303 e. The topological polar surface area (TPSA) is 30.0 Å². The lowest BCUT2D eigenvalue weighted by molar-refractivity contribution is -0.107. The first-order valence-corrected chi connectivity index (χ1v) is 4.28. The van der Waals surface area contributed by atoms with Crippen LogP contribution in [-0.2, 0) is 11.2 Å². The minimum atomic E-state index is -0.372. The number of fused-ring (bicyclic) bond motifs is 1. The third-order valence-corrected chi connectivity index (χ3v) is 2.07. The average molecular weight is 189 g/mol. The van der Waals surface area contributed by atoms with E-state index in [1.54, 1.807) is 18.3 Å². The van der Waals surface area contributed by atoms with Crippen molar-refractivity contribution in [3.63, 3.8) is 0 Å². The maximum atomic E-state index is 13.3. The van der Waals surface area contributed by atoms with Crippen LogP contribution in [0, 0.1) is 5.82 Å². The van der Waals surface area contributed by atoms with Gasteiger partial charge in [-0.1, -0.05) is 6.07 Å². The zero-order chi connectivity index (χ0) is 9.97. The summed E-state index contributed by atoms with van der Waals surface area (Å²) in [5.41, 5.74) is 1.03. The second kappa shape index (κ2) is 3.54. The van der Waals surface area contributed by atoms with Crippen LogP contribution in [0.2, 0.25) is 0 Å². The van der Waals surface area contributed by atoms with Gasteiger partial charge < -0.3 is 4.79 Å². The van der Waals surface area contributed by atoms with E-state index in [1.807, 2.05) is 6.07 Å². The Hall–Kier alpha value is -1.77. The molecule has 2 rings (SSSR count). The molecule has 3 heteroatoms. The lowest BCUT2D eigenvalue weighted by Crippen LogP contribution is -1.92. The summed E-state index contributed by atoms with van der Waals surface area (Å²) in [4.78, 5) is 14.3. The molecule has 70 valence electrons. The van der Waals surface area contributed by atoms with Crippen molar-refractivity contribution in [2.24, 2.45) is 0 Å². The van der Waals surface area contributed by atoms with Crippen molar-refractivity contribution in [2.75, 3.05) is 0 Å². The van der Waals surface area contributed by atoms with Crippen LogP contribution in [0.15, 0.2) is 30.5 Å². The molecule has 1 heterocycles. The second-order valence-electron chi connectivity index (χ2n) is 3.01. The number of aldehydes is 1. The highest BCUT2D eigenvalue weighted by Gasteiger charge is 2.04.